The highest BCUT2D eigenvalue weighted by molar-refractivity contribution is 7.54. The van der Waals surface area contributed by atoms with Crippen LogP contribution in [0, 0.1) is 11.6 Å². The number of Topliss-reactive ketones (excluding diaryl/α,β-unsaturated/α-hetero) is 3. The van der Waals surface area contributed by atoms with Crippen LogP contribution in [0.5, 0.6) is 0 Å². The van der Waals surface area contributed by atoms with Gasteiger partial charge in [-0.25, -0.2) is 8.78 Å². The van der Waals surface area contributed by atoms with E-state index in [4.69, 9.17) is 0 Å². The Morgan fingerprint density at radius 1 is 0.810 bits per heavy atom. The Hall–Kier alpha value is -3.22. The molecule has 3 rings (SSSR count). The molecule has 0 radical (unpaired) electrons. The summed E-state index contributed by atoms with van der Waals surface area (Å²) in [6.07, 6.45) is -6.92. The zero-order chi connectivity index (χ0) is 31.9. The number of carbonyl (C=O) groups is 3. The molecular formula is C27H25F8O6P. The Morgan fingerprint density at radius 2 is 1.29 bits per heavy atom. The lowest BCUT2D eigenvalue weighted by Gasteiger charge is -2.15. The van der Waals surface area contributed by atoms with Gasteiger partial charge in [-0.3, -0.25) is 18.9 Å². The van der Waals surface area contributed by atoms with Crippen molar-refractivity contribution in [3.05, 3.63) is 81.9 Å². The van der Waals surface area contributed by atoms with E-state index in [9.17, 15) is 54.1 Å². The van der Waals surface area contributed by atoms with Crippen LogP contribution in [0.25, 0.3) is 0 Å². The highest BCUT2D eigenvalue weighted by atomic mass is 31.2. The van der Waals surface area contributed by atoms with Gasteiger partial charge in [0.05, 0.1) is 11.1 Å². The van der Waals surface area contributed by atoms with E-state index in [0.717, 1.165) is 20.6 Å². The summed E-state index contributed by atoms with van der Waals surface area (Å²) >= 11 is 0. The summed E-state index contributed by atoms with van der Waals surface area (Å²) in [6, 6.07) is 3.27. The van der Waals surface area contributed by atoms with Gasteiger partial charge in [-0.15, -0.1) is 0 Å². The molecule has 0 unspecified atom stereocenters. The standard InChI is InChI=1S/C16H14F4O2.C11H11F4O4P/c17-11-6-7-13(16(18,19)20)12(9-11)15(22)8-10-4-2-1-3-5-14(10)21;1-18-20(17,19-2)6-10(16)8-5-7(12)3-4-9(8)11(13,14)15/h4,6-7,9H,1-3,5,8H2;3-5H,6H2,1-2H3. The molecule has 0 spiro atoms. The van der Waals surface area contributed by atoms with Gasteiger partial charge >= 0.3 is 19.9 Å². The van der Waals surface area contributed by atoms with E-state index >= 15 is 0 Å². The Balaban J connectivity index is 0.000000295. The summed E-state index contributed by atoms with van der Waals surface area (Å²) in [7, 11) is -1.84. The fourth-order valence-electron chi connectivity index (χ4n) is 3.87. The maximum Gasteiger partial charge on any atom is 0.417 e. The quantitative estimate of drug-likeness (QED) is 0.167. The molecule has 42 heavy (non-hydrogen) atoms. The average Bonchev–Trinajstić information content (AvgIpc) is 3.11. The van der Waals surface area contributed by atoms with Crippen molar-refractivity contribution < 1.29 is 63.1 Å². The van der Waals surface area contributed by atoms with E-state index in [1.165, 1.54) is 0 Å². The number of hydrogen-bond acceptors (Lipinski definition) is 6. The molecule has 0 atom stereocenters. The predicted molar refractivity (Wildman–Crippen MR) is 134 cm³/mol. The molecule has 1 aliphatic carbocycles. The second kappa shape index (κ2) is 14.3. The predicted octanol–water partition coefficient (Wildman–Crippen LogP) is 8.00. The van der Waals surface area contributed by atoms with Gasteiger partial charge in [0.15, 0.2) is 17.3 Å². The average molecular weight is 628 g/mol. The summed E-state index contributed by atoms with van der Waals surface area (Å²) in [4.78, 5) is 35.7. The number of alkyl halides is 6. The van der Waals surface area contributed by atoms with E-state index in [1.807, 2.05) is 0 Å². The van der Waals surface area contributed by atoms with E-state index in [-0.39, 0.29) is 17.8 Å². The van der Waals surface area contributed by atoms with E-state index < -0.39 is 78.0 Å². The van der Waals surface area contributed by atoms with Gasteiger partial charge in [0.25, 0.3) is 0 Å². The van der Waals surface area contributed by atoms with Gasteiger partial charge in [0.2, 0.25) is 0 Å². The normalized spacial score (nSPS) is 14.4. The summed E-state index contributed by atoms with van der Waals surface area (Å²) in [6.45, 7) is 0. The van der Waals surface area contributed by atoms with Crippen LogP contribution in [-0.4, -0.2) is 37.7 Å². The highest BCUT2D eigenvalue weighted by Crippen LogP contribution is 2.47. The van der Waals surface area contributed by atoms with Gasteiger partial charge in [-0.1, -0.05) is 6.08 Å². The minimum absolute atomic E-state index is 0.222. The first-order valence-corrected chi connectivity index (χ1v) is 13.9. The molecule has 2 aromatic rings. The number of carbonyl (C=O) groups excluding carboxylic acids is 3. The summed E-state index contributed by atoms with van der Waals surface area (Å²) in [5.41, 5.74) is -3.90. The van der Waals surface area contributed by atoms with Gasteiger partial charge < -0.3 is 9.05 Å². The first-order valence-electron chi connectivity index (χ1n) is 12.1. The second-order valence-corrected chi connectivity index (χ2v) is 11.2. The van der Waals surface area contributed by atoms with Crippen LogP contribution < -0.4 is 0 Å². The Bertz CT molecular complexity index is 1390. The van der Waals surface area contributed by atoms with Crippen molar-refractivity contribution >= 4 is 24.9 Å². The lowest BCUT2D eigenvalue weighted by atomic mass is 9.95. The van der Waals surface area contributed by atoms with Crippen LogP contribution >= 0.6 is 7.60 Å². The fourth-order valence-corrected chi connectivity index (χ4v) is 4.80. The SMILES string of the molecule is COP(=O)(CC(=O)c1cc(F)ccc1C(F)(F)F)OC.O=C1CCCCC=C1CC(=O)c1cc(F)ccc1C(F)(F)F. The van der Waals surface area contributed by atoms with Crippen LogP contribution in [0.2, 0.25) is 0 Å². The molecule has 1 aliphatic rings. The van der Waals surface area contributed by atoms with Crippen molar-refractivity contribution in [2.24, 2.45) is 0 Å². The van der Waals surface area contributed by atoms with E-state index in [2.05, 4.69) is 9.05 Å². The summed E-state index contributed by atoms with van der Waals surface area (Å²) in [5.74, 6) is -4.23. The maximum absolute atomic E-state index is 13.2. The molecule has 0 heterocycles. The van der Waals surface area contributed by atoms with Crippen molar-refractivity contribution in [1.29, 1.82) is 0 Å². The number of rotatable bonds is 8. The lowest BCUT2D eigenvalue weighted by molar-refractivity contribution is -0.138. The van der Waals surface area contributed by atoms with Crippen molar-refractivity contribution in [3.8, 4) is 0 Å². The Labute approximate surface area is 235 Å². The van der Waals surface area contributed by atoms with Gasteiger partial charge in [-0.2, -0.15) is 26.3 Å². The third-order valence-corrected chi connectivity index (χ3v) is 7.81. The molecular weight excluding hydrogens is 603 g/mol. The zero-order valence-corrected chi connectivity index (χ0v) is 23.1. The number of allylic oxidation sites excluding steroid dienone is 2. The van der Waals surface area contributed by atoms with E-state index in [0.29, 0.717) is 49.2 Å². The first-order chi connectivity index (χ1) is 19.4. The van der Waals surface area contributed by atoms with E-state index in [1.54, 1.807) is 6.08 Å². The zero-order valence-electron chi connectivity index (χ0n) is 22.2. The molecule has 0 bridgehead atoms. The molecule has 0 saturated heterocycles. The molecule has 0 aliphatic heterocycles. The third-order valence-electron chi connectivity index (χ3n) is 6.03. The molecule has 0 fully saturated rings. The molecule has 0 saturated carbocycles. The molecule has 0 aromatic heterocycles. The Morgan fingerprint density at radius 3 is 1.74 bits per heavy atom. The highest BCUT2D eigenvalue weighted by Gasteiger charge is 2.38. The summed E-state index contributed by atoms with van der Waals surface area (Å²) in [5, 5.41) is 0. The van der Waals surface area contributed by atoms with Crippen LogP contribution in [0.3, 0.4) is 0 Å². The number of benzene rings is 2. The van der Waals surface area contributed by atoms with Gasteiger partial charge in [-0.05, 0) is 61.2 Å². The Kier molecular flexibility index (Phi) is 11.9. The smallest absolute Gasteiger partial charge is 0.312 e. The molecule has 0 N–H and O–H groups in total. The van der Waals surface area contributed by atoms with Crippen LogP contribution in [0.15, 0.2) is 48.0 Å². The lowest BCUT2D eigenvalue weighted by Crippen LogP contribution is -2.16. The minimum Gasteiger partial charge on any atom is -0.312 e. The fraction of sp³-hybridized carbons (Fsp3) is 0.370. The summed E-state index contributed by atoms with van der Waals surface area (Å²) < 4.78 is 124. The third kappa shape index (κ3) is 9.67. The second-order valence-electron chi connectivity index (χ2n) is 8.93. The molecule has 6 nitrogen and oxygen atoms in total. The molecule has 2 aromatic carbocycles. The van der Waals surface area contributed by atoms with Crippen molar-refractivity contribution in [2.45, 2.75) is 44.5 Å². The van der Waals surface area contributed by atoms with Crippen molar-refractivity contribution in [3.63, 3.8) is 0 Å². The topological polar surface area (TPSA) is 86.7 Å². The van der Waals surface area contributed by atoms with Gasteiger partial charge in [0, 0.05) is 38.2 Å². The molecule has 0 amide bonds. The van der Waals surface area contributed by atoms with Crippen LogP contribution in [0.1, 0.15) is 63.9 Å². The number of hydrogen-bond donors (Lipinski definition) is 0. The van der Waals surface area contributed by atoms with Gasteiger partial charge in [0.1, 0.15) is 17.8 Å². The molecule has 15 heteroatoms. The van der Waals surface area contributed by atoms with Crippen molar-refractivity contribution in [2.75, 3.05) is 20.4 Å². The minimum atomic E-state index is -4.83. The van der Waals surface area contributed by atoms with Crippen LogP contribution in [-0.2, 0) is 30.8 Å². The maximum atomic E-state index is 13.2. The number of halogens is 8. The van der Waals surface area contributed by atoms with Crippen molar-refractivity contribution in [1.82, 2.24) is 0 Å². The monoisotopic (exact) mass is 628 g/mol. The number of ketones is 3. The molecule has 230 valence electrons. The largest absolute Gasteiger partial charge is 0.417 e. The first kappa shape index (κ1) is 35.0. The van der Waals surface area contributed by atoms with Crippen LogP contribution in [0.4, 0.5) is 35.1 Å².